The van der Waals surface area contributed by atoms with Crippen molar-refractivity contribution < 1.29 is 14.5 Å². The molecule has 0 atom stereocenters. The summed E-state index contributed by atoms with van der Waals surface area (Å²) in [4.78, 5) is 37.2. The highest BCUT2D eigenvalue weighted by Gasteiger charge is 2.25. The number of carbonyl (C=O) groups is 1. The van der Waals surface area contributed by atoms with Gasteiger partial charge in [0.15, 0.2) is 0 Å². The lowest BCUT2D eigenvalue weighted by Gasteiger charge is -2.16. The van der Waals surface area contributed by atoms with Crippen LogP contribution in [-0.4, -0.2) is 27.7 Å². The number of methoxy groups -OCH3 is 1. The monoisotopic (exact) mass is 456 g/mol. The smallest absolute Gasteiger partial charge is 0.280 e. The maximum atomic E-state index is 13.5. The summed E-state index contributed by atoms with van der Waals surface area (Å²) >= 11 is 0. The number of ether oxygens (including phenoxy) is 1. The summed E-state index contributed by atoms with van der Waals surface area (Å²) < 4.78 is 6.34. The SMILES string of the molecule is COc1cc([N+](=O)[O-])ccc1NC(=O)c1c(-c2ccccc2)c(-c2ccccc2)nn(C)c1=O. The van der Waals surface area contributed by atoms with Gasteiger partial charge in [0.25, 0.3) is 17.2 Å². The first kappa shape index (κ1) is 22.4. The fraction of sp³-hybridized carbons (Fsp3) is 0.0800. The molecule has 1 heterocycles. The molecular formula is C25H20N4O5. The highest BCUT2D eigenvalue weighted by molar-refractivity contribution is 6.10. The highest BCUT2D eigenvalue weighted by atomic mass is 16.6. The number of nitro benzene ring substituents is 1. The van der Waals surface area contributed by atoms with Crippen molar-refractivity contribution in [3.8, 4) is 28.1 Å². The predicted molar refractivity (Wildman–Crippen MR) is 128 cm³/mol. The lowest BCUT2D eigenvalue weighted by Crippen LogP contribution is -2.31. The molecule has 0 bridgehead atoms. The molecular weight excluding hydrogens is 436 g/mol. The largest absolute Gasteiger partial charge is 0.494 e. The van der Waals surface area contributed by atoms with Crippen LogP contribution in [0.4, 0.5) is 11.4 Å². The standard InChI is InChI=1S/C25H20N4O5/c1-28-25(31)22(24(30)26-19-14-13-18(29(32)33)15-20(19)34-2)21(16-9-5-3-6-10-16)23(27-28)17-11-7-4-8-12-17/h3-15H,1-2H3,(H,26,30). The van der Waals surface area contributed by atoms with E-state index >= 15 is 0 Å². The van der Waals surface area contributed by atoms with E-state index < -0.39 is 16.4 Å². The Hall–Kier alpha value is -4.79. The average Bonchev–Trinajstić information content (AvgIpc) is 2.86. The molecule has 3 aromatic carbocycles. The lowest BCUT2D eigenvalue weighted by molar-refractivity contribution is -0.384. The number of nitrogens with zero attached hydrogens (tertiary/aromatic N) is 3. The number of aryl methyl sites for hydroxylation is 1. The Balaban J connectivity index is 1.91. The zero-order valence-corrected chi connectivity index (χ0v) is 18.4. The van der Waals surface area contributed by atoms with Gasteiger partial charge >= 0.3 is 0 Å². The van der Waals surface area contributed by atoms with Gasteiger partial charge in [0.2, 0.25) is 0 Å². The Morgan fingerprint density at radius 3 is 2.21 bits per heavy atom. The van der Waals surface area contributed by atoms with E-state index in [2.05, 4.69) is 10.4 Å². The number of amides is 1. The van der Waals surface area contributed by atoms with Crippen LogP contribution in [0.3, 0.4) is 0 Å². The third kappa shape index (κ3) is 4.26. The van der Waals surface area contributed by atoms with E-state index in [0.29, 0.717) is 16.8 Å². The molecule has 34 heavy (non-hydrogen) atoms. The number of nitrogens with one attached hydrogen (secondary N) is 1. The van der Waals surface area contributed by atoms with Crippen molar-refractivity contribution in [2.75, 3.05) is 12.4 Å². The number of aromatic nitrogens is 2. The maximum Gasteiger partial charge on any atom is 0.280 e. The van der Waals surface area contributed by atoms with Crippen molar-refractivity contribution in [2.45, 2.75) is 0 Å². The molecule has 4 aromatic rings. The molecule has 0 radical (unpaired) electrons. The van der Waals surface area contributed by atoms with E-state index in [1.165, 1.54) is 32.4 Å². The van der Waals surface area contributed by atoms with E-state index in [-0.39, 0.29) is 22.7 Å². The summed E-state index contributed by atoms with van der Waals surface area (Å²) in [6, 6.07) is 22.1. The Labute approximate surface area is 194 Å². The van der Waals surface area contributed by atoms with Crippen LogP contribution in [0.25, 0.3) is 22.4 Å². The summed E-state index contributed by atoms with van der Waals surface area (Å²) in [5.74, 6) is -0.593. The van der Waals surface area contributed by atoms with Crippen molar-refractivity contribution in [1.82, 2.24) is 9.78 Å². The molecule has 0 spiro atoms. The molecule has 170 valence electrons. The van der Waals surface area contributed by atoms with Gasteiger partial charge in [-0.3, -0.25) is 19.7 Å². The third-order valence-electron chi connectivity index (χ3n) is 5.23. The zero-order valence-electron chi connectivity index (χ0n) is 18.4. The van der Waals surface area contributed by atoms with Crippen LogP contribution < -0.4 is 15.6 Å². The second kappa shape index (κ2) is 9.37. The second-order valence-electron chi connectivity index (χ2n) is 7.36. The summed E-state index contributed by atoms with van der Waals surface area (Å²) in [5, 5.41) is 18.2. The lowest BCUT2D eigenvalue weighted by atomic mass is 9.95. The van der Waals surface area contributed by atoms with Crippen molar-refractivity contribution in [3.63, 3.8) is 0 Å². The minimum atomic E-state index is -0.689. The third-order valence-corrected chi connectivity index (χ3v) is 5.23. The van der Waals surface area contributed by atoms with Gasteiger partial charge in [0.05, 0.1) is 29.5 Å². The van der Waals surface area contributed by atoms with Crippen LogP contribution in [0, 0.1) is 10.1 Å². The molecule has 0 fully saturated rings. The van der Waals surface area contributed by atoms with Crippen LogP contribution >= 0.6 is 0 Å². The molecule has 9 nitrogen and oxygen atoms in total. The van der Waals surface area contributed by atoms with Crippen LogP contribution in [0.1, 0.15) is 10.4 Å². The van der Waals surface area contributed by atoms with Gasteiger partial charge in [-0.05, 0) is 11.6 Å². The molecule has 0 unspecified atom stereocenters. The number of rotatable bonds is 6. The molecule has 0 saturated carbocycles. The highest BCUT2D eigenvalue weighted by Crippen LogP contribution is 2.34. The summed E-state index contributed by atoms with van der Waals surface area (Å²) in [7, 11) is 2.82. The predicted octanol–water partition coefficient (Wildman–Crippen LogP) is 4.28. The van der Waals surface area contributed by atoms with Gasteiger partial charge in [0, 0.05) is 24.2 Å². The first-order valence-corrected chi connectivity index (χ1v) is 10.3. The summed E-state index contributed by atoms with van der Waals surface area (Å²) in [6.07, 6.45) is 0. The maximum absolute atomic E-state index is 13.5. The number of hydrogen-bond acceptors (Lipinski definition) is 6. The Morgan fingerprint density at radius 2 is 1.62 bits per heavy atom. The summed E-state index contributed by atoms with van der Waals surface area (Å²) in [6.45, 7) is 0. The number of benzene rings is 3. The number of non-ortho nitro benzene ring substituents is 1. The fourth-order valence-electron chi connectivity index (χ4n) is 3.61. The Morgan fingerprint density at radius 1 is 1.00 bits per heavy atom. The van der Waals surface area contributed by atoms with Crippen LogP contribution in [0.2, 0.25) is 0 Å². The number of hydrogen-bond donors (Lipinski definition) is 1. The van der Waals surface area contributed by atoms with Crippen molar-refractivity contribution in [2.24, 2.45) is 7.05 Å². The first-order valence-electron chi connectivity index (χ1n) is 10.3. The number of nitro groups is 1. The van der Waals surface area contributed by atoms with Crippen molar-refractivity contribution in [1.29, 1.82) is 0 Å². The first-order chi connectivity index (χ1) is 16.4. The van der Waals surface area contributed by atoms with E-state index in [0.717, 1.165) is 10.2 Å². The van der Waals surface area contributed by atoms with E-state index in [9.17, 15) is 19.7 Å². The van der Waals surface area contributed by atoms with Gasteiger partial charge in [-0.2, -0.15) is 5.10 Å². The van der Waals surface area contributed by atoms with Gasteiger partial charge in [-0.15, -0.1) is 0 Å². The normalized spacial score (nSPS) is 10.5. The Bertz CT molecular complexity index is 1430. The molecule has 0 saturated heterocycles. The quantitative estimate of drug-likeness (QED) is 0.342. The summed E-state index contributed by atoms with van der Waals surface area (Å²) in [5.41, 5.74) is 1.54. The van der Waals surface area contributed by atoms with Crippen molar-refractivity contribution >= 4 is 17.3 Å². The van der Waals surface area contributed by atoms with Crippen LogP contribution in [0.5, 0.6) is 5.75 Å². The number of anilines is 1. The molecule has 1 amide bonds. The second-order valence-corrected chi connectivity index (χ2v) is 7.36. The molecule has 0 aliphatic rings. The Kier molecular flexibility index (Phi) is 6.18. The van der Waals surface area contributed by atoms with Gasteiger partial charge in [0.1, 0.15) is 11.3 Å². The zero-order chi connectivity index (χ0) is 24.2. The van der Waals surface area contributed by atoms with Crippen LogP contribution in [0.15, 0.2) is 83.7 Å². The van der Waals surface area contributed by atoms with Crippen molar-refractivity contribution in [3.05, 3.63) is 105 Å². The van der Waals surface area contributed by atoms with Gasteiger partial charge in [-0.25, -0.2) is 4.68 Å². The molecule has 4 rings (SSSR count). The molecule has 0 aliphatic carbocycles. The van der Waals surface area contributed by atoms with E-state index in [1.54, 1.807) is 12.1 Å². The molecule has 1 aromatic heterocycles. The number of carbonyl (C=O) groups excluding carboxylic acids is 1. The minimum Gasteiger partial charge on any atom is -0.494 e. The molecule has 0 aliphatic heterocycles. The topological polar surface area (TPSA) is 116 Å². The van der Waals surface area contributed by atoms with E-state index in [4.69, 9.17) is 4.74 Å². The molecule has 9 heteroatoms. The fourth-order valence-corrected chi connectivity index (χ4v) is 3.61. The average molecular weight is 456 g/mol. The molecule has 1 N–H and O–H groups in total. The van der Waals surface area contributed by atoms with Gasteiger partial charge < -0.3 is 10.1 Å². The van der Waals surface area contributed by atoms with Gasteiger partial charge in [-0.1, -0.05) is 60.7 Å². The van der Waals surface area contributed by atoms with E-state index in [1.807, 2.05) is 48.5 Å². The minimum absolute atomic E-state index is 0.0953. The van der Waals surface area contributed by atoms with Crippen LogP contribution in [-0.2, 0) is 7.05 Å².